The van der Waals surface area contributed by atoms with Crippen molar-refractivity contribution in [2.75, 3.05) is 0 Å². The number of nitrogens with zero attached hydrogens (tertiary/aromatic N) is 2. The summed E-state index contributed by atoms with van der Waals surface area (Å²) in [4.78, 5) is 0. The minimum Gasteiger partial charge on any atom is -0.201 e. The summed E-state index contributed by atoms with van der Waals surface area (Å²) in [5.41, 5.74) is 15.3. The van der Waals surface area contributed by atoms with Crippen molar-refractivity contribution in [1.29, 1.82) is 0 Å². The Morgan fingerprint density at radius 2 is 1.06 bits per heavy atom. The van der Waals surface area contributed by atoms with Gasteiger partial charge in [0.1, 0.15) is 14.1 Å². The van der Waals surface area contributed by atoms with Crippen LogP contribution in [-0.2, 0) is 26.9 Å². The molecule has 0 aliphatic rings. The first kappa shape index (κ1) is 30.0. The van der Waals surface area contributed by atoms with Crippen molar-refractivity contribution in [3.63, 3.8) is 0 Å². The Morgan fingerprint density at radius 3 is 1.58 bits per heavy atom. The number of aromatic nitrogens is 2. The van der Waals surface area contributed by atoms with E-state index in [4.69, 9.17) is 6.85 Å². The van der Waals surface area contributed by atoms with Crippen LogP contribution in [-0.4, -0.2) is 0 Å². The normalized spacial score (nSPS) is 13.3. The maximum absolute atomic E-state index is 8.57. The van der Waals surface area contributed by atoms with E-state index >= 15 is 0 Å². The fourth-order valence-corrected chi connectivity index (χ4v) is 6.73. The lowest BCUT2D eigenvalue weighted by molar-refractivity contribution is -0.661. The van der Waals surface area contributed by atoms with Gasteiger partial charge in [-0.3, -0.25) is 0 Å². The molecule has 0 bridgehead atoms. The molecule has 6 rings (SSSR count). The van der Waals surface area contributed by atoms with E-state index in [0.29, 0.717) is 16.7 Å². The topological polar surface area (TPSA) is 7.76 Å². The van der Waals surface area contributed by atoms with Gasteiger partial charge < -0.3 is 0 Å². The lowest BCUT2D eigenvalue weighted by Crippen LogP contribution is -2.32. The molecule has 256 valence electrons. The van der Waals surface area contributed by atoms with E-state index < -0.39 is 18.6 Å². The molecule has 0 amide bonds. The van der Waals surface area contributed by atoms with E-state index in [1.807, 2.05) is 94.0 Å². The summed E-state index contributed by atoms with van der Waals surface area (Å²) in [7, 11) is 4.05. The lowest BCUT2D eigenvalue weighted by atomic mass is 9.88. The van der Waals surface area contributed by atoms with Crippen LogP contribution in [0.2, 0.25) is 0 Å². The van der Waals surface area contributed by atoms with Gasteiger partial charge in [-0.1, -0.05) is 100 Å². The van der Waals surface area contributed by atoms with E-state index in [1.54, 1.807) is 6.07 Å². The van der Waals surface area contributed by atoms with Gasteiger partial charge in [-0.25, -0.2) is 9.13 Å². The molecule has 0 atom stereocenters. The second-order valence-electron chi connectivity index (χ2n) is 14.5. The van der Waals surface area contributed by atoms with Gasteiger partial charge in [-0.15, -0.1) is 0 Å². The first-order valence-electron chi connectivity index (χ1n) is 20.1. The maximum Gasteiger partial charge on any atom is 0.212 e. The Morgan fingerprint density at radius 1 is 0.560 bits per heavy atom. The van der Waals surface area contributed by atoms with Crippen molar-refractivity contribution in [1.82, 2.24) is 0 Å². The molecule has 0 N–H and O–H groups in total. The largest absolute Gasteiger partial charge is 0.212 e. The molecule has 0 spiro atoms. The Kier molecular flexibility index (Phi) is 9.24. The van der Waals surface area contributed by atoms with E-state index in [2.05, 4.69) is 94.0 Å². The Balaban J connectivity index is 0.000000218. The van der Waals surface area contributed by atoms with E-state index in [0.717, 1.165) is 28.8 Å². The predicted molar refractivity (Wildman–Crippen MR) is 213 cm³/mol. The molecule has 0 unspecified atom stereocenters. The van der Waals surface area contributed by atoms with Crippen LogP contribution in [0.5, 0.6) is 0 Å². The van der Waals surface area contributed by atoms with Crippen molar-refractivity contribution >= 4 is 0 Å². The van der Waals surface area contributed by atoms with Crippen LogP contribution in [0.15, 0.2) is 116 Å². The first-order chi connectivity index (χ1) is 25.7. The maximum atomic E-state index is 8.57. The molecule has 0 aliphatic carbocycles. The molecule has 0 saturated heterocycles. The van der Waals surface area contributed by atoms with Gasteiger partial charge in [0.15, 0.2) is 12.4 Å². The van der Waals surface area contributed by atoms with Crippen LogP contribution >= 0.6 is 0 Å². The number of hydrogen-bond acceptors (Lipinski definition) is 0. The van der Waals surface area contributed by atoms with Crippen LogP contribution in [0.1, 0.15) is 73.5 Å². The monoisotopic (exact) mass is 665 g/mol. The third-order valence-corrected chi connectivity index (χ3v) is 9.28. The van der Waals surface area contributed by atoms with Crippen LogP contribution in [0.3, 0.4) is 0 Å². The quantitative estimate of drug-likeness (QED) is 0.156. The van der Waals surface area contributed by atoms with E-state index in [1.165, 1.54) is 44.6 Å². The molecule has 0 saturated carbocycles. The van der Waals surface area contributed by atoms with Crippen LogP contribution in [0, 0.1) is 40.0 Å². The average Bonchev–Trinajstić information content (AvgIpc) is 3.13. The zero-order valence-electron chi connectivity index (χ0n) is 36.6. The Bertz CT molecular complexity index is 2300. The molecule has 0 aliphatic heterocycles. The van der Waals surface area contributed by atoms with E-state index in [-0.39, 0.29) is 0 Å². The standard InChI is InChI=1S/C25H30N.C23H26N/c1-18-14-19(2)23(15-22(18)21-10-8-7-9-11-21)24-13-12-20(17-26(24)6)16-25(3,4)5;1-6-19-15-24(5)23(13-16(19)2)22-14-21(17(3)12-18(22)4)20-10-8-7-9-11-20/h7-15,17H,16H2,1-6H3;7-15H,6H2,1-5H3/q2*+1/i1D3,16D2;. The molecule has 2 nitrogen and oxygen atoms in total. The first-order valence-corrected chi connectivity index (χ1v) is 17.6. The molecule has 2 heterocycles. The molecular weight excluding hydrogens is 605 g/mol. The molecule has 0 fully saturated rings. The summed E-state index contributed by atoms with van der Waals surface area (Å²) in [5.74, 6) is 0. The van der Waals surface area contributed by atoms with Gasteiger partial charge in [-0.2, -0.15) is 0 Å². The highest BCUT2D eigenvalue weighted by Gasteiger charge is 2.19. The molecular formula is C48H56N2+2. The Hall–Kier alpha value is -4.82. The molecule has 2 aromatic heterocycles. The third kappa shape index (κ3) is 8.48. The van der Waals surface area contributed by atoms with Gasteiger partial charge in [0.2, 0.25) is 11.4 Å². The SMILES string of the molecule is CCc1c[n+](C)c(-c2cc(-c3ccccc3)c(C)cc2C)cc1C.[2H]C([2H])([2H])c1cc(C)c(-c2ccc(C([2H])([2H])C(C)(C)C)c[n+]2C)cc1-c1ccccc1. The van der Waals surface area contributed by atoms with Crippen LogP contribution < -0.4 is 9.13 Å². The number of rotatable bonds is 6. The minimum atomic E-state index is -2.22. The highest BCUT2D eigenvalue weighted by molar-refractivity contribution is 5.77. The third-order valence-electron chi connectivity index (χ3n) is 9.28. The van der Waals surface area contributed by atoms with Crippen molar-refractivity contribution in [3.8, 4) is 44.8 Å². The number of aryl methyl sites for hydroxylation is 8. The molecule has 0 radical (unpaired) electrons. The van der Waals surface area contributed by atoms with Gasteiger partial charge >= 0.3 is 0 Å². The molecule has 6 aromatic rings. The summed E-state index contributed by atoms with van der Waals surface area (Å²) in [5, 5.41) is 0. The molecule has 50 heavy (non-hydrogen) atoms. The zero-order valence-corrected chi connectivity index (χ0v) is 31.6. The highest BCUT2D eigenvalue weighted by Crippen LogP contribution is 2.33. The van der Waals surface area contributed by atoms with Crippen molar-refractivity contribution in [2.45, 2.75) is 75.0 Å². The van der Waals surface area contributed by atoms with Gasteiger partial charge in [-0.05, 0) is 121 Å². The van der Waals surface area contributed by atoms with Crippen LogP contribution in [0.25, 0.3) is 44.8 Å². The summed E-state index contributed by atoms with van der Waals surface area (Å²) in [6.45, 7) is 14.2. The predicted octanol–water partition coefficient (Wildman–Crippen LogP) is 11.4. The second kappa shape index (κ2) is 15.4. The number of pyridine rings is 2. The fraction of sp³-hybridized carbons (Fsp3) is 0.292. The number of hydrogen-bond donors (Lipinski definition) is 0. The zero-order chi connectivity index (χ0) is 40.5. The summed E-state index contributed by atoms with van der Waals surface area (Å²) >= 11 is 0. The van der Waals surface area contributed by atoms with Gasteiger partial charge in [0.25, 0.3) is 0 Å². The molecule has 4 aromatic carbocycles. The fourth-order valence-electron chi connectivity index (χ4n) is 6.73. The Labute approximate surface area is 309 Å². The lowest BCUT2D eigenvalue weighted by Gasteiger charge is -2.17. The highest BCUT2D eigenvalue weighted by atomic mass is 14.9. The summed E-state index contributed by atoms with van der Waals surface area (Å²) < 4.78 is 45.4. The smallest absolute Gasteiger partial charge is 0.201 e. The van der Waals surface area contributed by atoms with Crippen molar-refractivity contribution < 1.29 is 16.0 Å². The van der Waals surface area contributed by atoms with Crippen molar-refractivity contribution in [2.24, 2.45) is 19.5 Å². The number of benzene rings is 4. The second-order valence-corrected chi connectivity index (χ2v) is 14.5. The summed E-state index contributed by atoms with van der Waals surface area (Å²) in [6.07, 6.45) is 3.69. The van der Waals surface area contributed by atoms with Gasteiger partial charge in [0, 0.05) is 41.2 Å². The minimum absolute atomic E-state index is 0.336. The van der Waals surface area contributed by atoms with Crippen LogP contribution in [0.4, 0.5) is 0 Å². The van der Waals surface area contributed by atoms with Gasteiger partial charge in [0.05, 0.1) is 0 Å². The summed E-state index contributed by atoms with van der Waals surface area (Å²) in [6, 6.07) is 34.7. The van der Waals surface area contributed by atoms with Crippen molar-refractivity contribution in [3.05, 3.63) is 154 Å². The average molecular weight is 666 g/mol. The van der Waals surface area contributed by atoms with E-state index in [9.17, 15) is 0 Å². The molecule has 2 heteroatoms.